The molecule has 0 aromatic heterocycles. The van der Waals surface area contributed by atoms with E-state index < -0.39 is 26.5 Å². The van der Waals surface area contributed by atoms with Crippen molar-refractivity contribution in [2.45, 2.75) is 12.5 Å². The molecule has 2 saturated heterocycles. The van der Waals surface area contributed by atoms with Gasteiger partial charge >= 0.3 is 10.3 Å². The highest BCUT2D eigenvalue weighted by atomic mass is 32.2. The van der Waals surface area contributed by atoms with E-state index in [0.717, 1.165) is 4.31 Å². The minimum atomic E-state index is -4.04. The summed E-state index contributed by atoms with van der Waals surface area (Å²) in [5.41, 5.74) is 0. The molecule has 2 fully saturated rings. The molecule has 0 amide bonds. The van der Waals surface area contributed by atoms with E-state index in [-0.39, 0.29) is 37.1 Å². The van der Waals surface area contributed by atoms with Gasteiger partial charge in [-0.1, -0.05) is 0 Å². The van der Waals surface area contributed by atoms with Gasteiger partial charge in [0.05, 0.1) is 18.9 Å². The lowest BCUT2D eigenvalue weighted by Gasteiger charge is -2.16. The van der Waals surface area contributed by atoms with Crippen molar-refractivity contribution >= 4 is 37.8 Å². The van der Waals surface area contributed by atoms with E-state index in [9.17, 15) is 16.8 Å². The fourth-order valence-electron chi connectivity index (χ4n) is 1.50. The quantitative estimate of drug-likeness (QED) is 0.480. The van der Waals surface area contributed by atoms with Crippen LogP contribution in [0.2, 0.25) is 0 Å². The third-order valence-corrected chi connectivity index (χ3v) is 5.45. The van der Waals surface area contributed by atoms with Crippen molar-refractivity contribution in [2.75, 3.05) is 25.5 Å². The monoisotopic (exact) mass is 317 g/mol. The zero-order valence-electron chi connectivity index (χ0n) is 9.14. The molecule has 1 unspecified atom stereocenters. The van der Waals surface area contributed by atoms with Crippen LogP contribution < -0.4 is 0 Å². The van der Waals surface area contributed by atoms with Gasteiger partial charge in [0.15, 0.2) is 0 Å². The maximum absolute atomic E-state index is 11.7. The summed E-state index contributed by atoms with van der Waals surface area (Å²) < 4.78 is 60.4. The third-order valence-electron chi connectivity index (χ3n) is 2.37. The van der Waals surface area contributed by atoms with Crippen molar-refractivity contribution in [3.63, 3.8) is 0 Å². The first kappa shape index (κ1) is 13.9. The van der Waals surface area contributed by atoms with Crippen LogP contribution in [0.25, 0.3) is 0 Å². The van der Waals surface area contributed by atoms with Gasteiger partial charge < -0.3 is 4.74 Å². The van der Waals surface area contributed by atoms with Crippen molar-refractivity contribution < 1.29 is 29.9 Å². The molecule has 0 bridgehead atoms. The summed E-state index contributed by atoms with van der Waals surface area (Å²) in [7, 11) is -7.57. The maximum Gasteiger partial charge on any atom is 0.365 e. The molecule has 2 aliphatic rings. The summed E-state index contributed by atoms with van der Waals surface area (Å²) in [6.45, 7) is -0.0958. The van der Waals surface area contributed by atoms with Crippen molar-refractivity contribution in [2.24, 2.45) is 0 Å². The lowest BCUT2D eigenvalue weighted by atomic mass is 10.3. The van der Waals surface area contributed by atoms with Gasteiger partial charge in [-0.2, -0.15) is 16.8 Å². The Morgan fingerprint density at radius 2 is 2.22 bits per heavy atom. The molecule has 104 valence electrons. The molecule has 0 aromatic carbocycles. The molecular formula is C7H11NO7S3. The number of nitrogens with zero attached hydrogens (tertiary/aromatic N) is 1. The Bertz CT molecular complexity index is 539. The Morgan fingerprint density at radius 1 is 1.50 bits per heavy atom. The summed E-state index contributed by atoms with van der Waals surface area (Å²) in [5, 5.41) is -0.171. The average molecular weight is 317 g/mol. The van der Waals surface area contributed by atoms with Crippen LogP contribution in [0.3, 0.4) is 0 Å². The Balaban J connectivity index is 1.92. The van der Waals surface area contributed by atoms with E-state index in [1.807, 2.05) is 0 Å². The zero-order chi connectivity index (χ0) is 13.4. The van der Waals surface area contributed by atoms with E-state index in [4.69, 9.17) is 21.1 Å². The molecule has 2 heterocycles. The highest BCUT2D eigenvalue weighted by Crippen LogP contribution is 2.18. The van der Waals surface area contributed by atoms with E-state index in [1.165, 1.54) is 0 Å². The molecule has 0 saturated carbocycles. The Morgan fingerprint density at radius 3 is 2.72 bits per heavy atom. The highest BCUT2D eigenvalue weighted by Gasteiger charge is 2.34. The Labute approximate surface area is 110 Å². The Kier molecular flexibility index (Phi) is 3.78. The SMILES string of the molecule is O=S1(=O)CCC(COS(=O)(=O)N2CCOC2=S)O1. The minimum absolute atomic E-state index is 0.0883. The molecule has 0 radical (unpaired) electrons. The van der Waals surface area contributed by atoms with Crippen LogP contribution in [0.15, 0.2) is 0 Å². The van der Waals surface area contributed by atoms with E-state index in [1.54, 1.807) is 0 Å². The fraction of sp³-hybridized carbons (Fsp3) is 0.857. The Hall–Kier alpha value is -0.490. The van der Waals surface area contributed by atoms with Gasteiger partial charge in [0.2, 0.25) is 0 Å². The van der Waals surface area contributed by atoms with Gasteiger partial charge in [0, 0.05) is 0 Å². The first-order valence-corrected chi connectivity index (χ1v) is 8.40. The number of hydrogen-bond acceptors (Lipinski definition) is 8. The molecule has 0 N–H and O–H groups in total. The molecule has 18 heavy (non-hydrogen) atoms. The molecule has 2 rings (SSSR count). The van der Waals surface area contributed by atoms with Crippen molar-refractivity contribution in [3.8, 4) is 0 Å². The molecular weight excluding hydrogens is 306 g/mol. The second kappa shape index (κ2) is 4.89. The topological polar surface area (TPSA) is 99.2 Å². The average Bonchev–Trinajstić information content (AvgIpc) is 2.82. The molecule has 0 spiro atoms. The lowest BCUT2D eigenvalue weighted by Crippen LogP contribution is -2.34. The maximum atomic E-state index is 11.7. The van der Waals surface area contributed by atoms with Gasteiger partial charge in [-0.15, -0.1) is 0 Å². The van der Waals surface area contributed by atoms with Crippen LogP contribution in [0.4, 0.5) is 0 Å². The van der Waals surface area contributed by atoms with Gasteiger partial charge in [0.25, 0.3) is 15.3 Å². The van der Waals surface area contributed by atoms with Crippen LogP contribution >= 0.6 is 12.2 Å². The minimum Gasteiger partial charge on any atom is -0.468 e. The third kappa shape index (κ3) is 3.09. The first-order chi connectivity index (χ1) is 8.30. The molecule has 1 atom stereocenters. The van der Waals surface area contributed by atoms with Crippen LogP contribution in [0, 0.1) is 0 Å². The fourth-order valence-corrected chi connectivity index (χ4v) is 4.15. The van der Waals surface area contributed by atoms with E-state index in [2.05, 4.69) is 4.18 Å². The van der Waals surface area contributed by atoms with Gasteiger partial charge in [-0.3, -0.25) is 8.37 Å². The van der Waals surface area contributed by atoms with E-state index >= 15 is 0 Å². The molecule has 0 aliphatic carbocycles. The number of thiocarbonyl (C=S) groups is 1. The smallest absolute Gasteiger partial charge is 0.365 e. The van der Waals surface area contributed by atoms with Crippen molar-refractivity contribution in [1.29, 1.82) is 0 Å². The van der Waals surface area contributed by atoms with Gasteiger partial charge in [0.1, 0.15) is 12.7 Å². The number of ether oxygens (including phenoxy) is 1. The summed E-state index contributed by atoms with van der Waals surface area (Å²) in [5.74, 6) is -0.133. The largest absolute Gasteiger partial charge is 0.468 e. The molecule has 2 aliphatic heterocycles. The highest BCUT2D eigenvalue weighted by molar-refractivity contribution is 7.87. The number of rotatable bonds is 4. The summed E-state index contributed by atoms with van der Waals surface area (Å²) in [6.07, 6.45) is -0.569. The predicted octanol–water partition coefficient (Wildman–Crippen LogP) is -1.02. The van der Waals surface area contributed by atoms with Crippen LogP contribution in [0.5, 0.6) is 0 Å². The van der Waals surface area contributed by atoms with Gasteiger partial charge in [-0.05, 0) is 18.6 Å². The molecule has 11 heteroatoms. The van der Waals surface area contributed by atoms with Crippen molar-refractivity contribution in [1.82, 2.24) is 4.31 Å². The summed E-state index contributed by atoms with van der Waals surface area (Å²) in [4.78, 5) is 0. The second-order valence-corrected chi connectivity index (χ2v) is 7.29. The van der Waals surface area contributed by atoms with Crippen LogP contribution in [-0.4, -0.2) is 57.9 Å². The lowest BCUT2D eigenvalue weighted by molar-refractivity contribution is 0.149. The standard InChI is InChI=1S/C7H11NO7S3/c9-17(10)4-1-6(15-17)5-14-18(11,12)8-2-3-13-7(8)16/h6H,1-5H2. The predicted molar refractivity (Wildman–Crippen MR) is 63.4 cm³/mol. The second-order valence-electron chi connectivity index (χ2n) is 3.70. The normalized spacial score (nSPS) is 27.4. The van der Waals surface area contributed by atoms with E-state index in [0.29, 0.717) is 0 Å². The number of hydrogen-bond donors (Lipinski definition) is 0. The summed E-state index contributed by atoms with van der Waals surface area (Å²) >= 11 is 4.69. The van der Waals surface area contributed by atoms with Crippen LogP contribution in [0.1, 0.15) is 6.42 Å². The molecule has 0 aromatic rings. The first-order valence-electron chi connectivity index (χ1n) is 5.05. The molecule has 8 nitrogen and oxygen atoms in total. The van der Waals surface area contributed by atoms with Gasteiger partial charge in [-0.25, -0.2) is 4.31 Å². The van der Waals surface area contributed by atoms with Crippen LogP contribution in [-0.2, 0) is 33.5 Å². The van der Waals surface area contributed by atoms with Crippen molar-refractivity contribution in [3.05, 3.63) is 0 Å². The summed E-state index contributed by atoms with van der Waals surface area (Å²) in [6, 6.07) is 0. The zero-order valence-corrected chi connectivity index (χ0v) is 11.6.